The van der Waals surface area contributed by atoms with E-state index in [1.165, 1.54) is 0 Å². The van der Waals surface area contributed by atoms with Crippen LogP contribution in [0.4, 0.5) is 0 Å². The van der Waals surface area contributed by atoms with Crippen LogP contribution in [0, 0.1) is 11.3 Å². The predicted molar refractivity (Wildman–Crippen MR) is 46.3 cm³/mol. The Bertz CT molecular complexity index is 160. The molecule has 0 aliphatic heterocycles. The number of allylic oxidation sites excluding steroid dienone is 2. The van der Waals surface area contributed by atoms with Crippen LogP contribution in [0.25, 0.3) is 0 Å². The van der Waals surface area contributed by atoms with Crippen molar-refractivity contribution in [3.63, 3.8) is 0 Å². The van der Waals surface area contributed by atoms with Crippen LogP contribution in [-0.2, 0) is 4.79 Å². The molecule has 1 aliphatic carbocycles. The standard InChI is InChI=1S/C10H16O/c1-10(2,8-11)7-9-5-3-4-6-9/h3-4,8-9H,5-7H2,1-2H3. The highest BCUT2D eigenvalue weighted by Crippen LogP contribution is 2.30. The molecule has 0 unspecified atom stereocenters. The summed E-state index contributed by atoms with van der Waals surface area (Å²) in [5.74, 6) is 0.718. The highest BCUT2D eigenvalue weighted by atomic mass is 16.1. The number of rotatable bonds is 3. The lowest BCUT2D eigenvalue weighted by atomic mass is 9.83. The summed E-state index contributed by atoms with van der Waals surface area (Å²) in [5.41, 5.74) is -0.114. The molecule has 0 atom stereocenters. The topological polar surface area (TPSA) is 17.1 Å². The summed E-state index contributed by atoms with van der Waals surface area (Å²) in [7, 11) is 0. The molecule has 62 valence electrons. The zero-order valence-corrected chi connectivity index (χ0v) is 7.34. The van der Waals surface area contributed by atoms with Gasteiger partial charge in [0, 0.05) is 5.41 Å². The number of hydrogen-bond acceptors (Lipinski definition) is 1. The largest absolute Gasteiger partial charge is 0.303 e. The van der Waals surface area contributed by atoms with Crippen LogP contribution in [0.3, 0.4) is 0 Å². The van der Waals surface area contributed by atoms with Crippen molar-refractivity contribution in [3.05, 3.63) is 12.2 Å². The average Bonchev–Trinajstić information content (AvgIpc) is 2.39. The van der Waals surface area contributed by atoms with Crippen LogP contribution >= 0.6 is 0 Å². The molecular formula is C10H16O. The van der Waals surface area contributed by atoms with E-state index in [0.717, 1.165) is 31.5 Å². The van der Waals surface area contributed by atoms with E-state index in [9.17, 15) is 4.79 Å². The molecule has 0 bridgehead atoms. The molecule has 0 saturated heterocycles. The molecule has 1 heteroatoms. The Labute approximate surface area is 68.5 Å². The van der Waals surface area contributed by atoms with Gasteiger partial charge in [-0.15, -0.1) is 0 Å². The summed E-state index contributed by atoms with van der Waals surface area (Å²) < 4.78 is 0. The van der Waals surface area contributed by atoms with Gasteiger partial charge in [-0.05, 0) is 25.2 Å². The van der Waals surface area contributed by atoms with E-state index in [1.807, 2.05) is 13.8 Å². The molecule has 0 heterocycles. The Kier molecular flexibility index (Phi) is 2.48. The van der Waals surface area contributed by atoms with Crippen molar-refractivity contribution in [1.82, 2.24) is 0 Å². The summed E-state index contributed by atoms with van der Waals surface area (Å²) in [4.78, 5) is 10.6. The lowest BCUT2D eigenvalue weighted by molar-refractivity contribution is -0.115. The molecule has 0 N–H and O–H groups in total. The van der Waals surface area contributed by atoms with Crippen molar-refractivity contribution < 1.29 is 4.79 Å². The number of carbonyl (C=O) groups is 1. The summed E-state index contributed by atoms with van der Waals surface area (Å²) in [6.45, 7) is 4.02. The van der Waals surface area contributed by atoms with Crippen LogP contribution in [0.5, 0.6) is 0 Å². The van der Waals surface area contributed by atoms with E-state index in [1.54, 1.807) is 0 Å². The van der Waals surface area contributed by atoms with Crippen molar-refractivity contribution in [3.8, 4) is 0 Å². The zero-order valence-electron chi connectivity index (χ0n) is 7.34. The zero-order chi connectivity index (χ0) is 8.32. The monoisotopic (exact) mass is 152 g/mol. The van der Waals surface area contributed by atoms with E-state index in [2.05, 4.69) is 12.2 Å². The first-order chi connectivity index (χ1) is 5.14. The molecule has 0 aromatic heterocycles. The summed E-state index contributed by atoms with van der Waals surface area (Å²) in [5, 5.41) is 0. The van der Waals surface area contributed by atoms with Crippen molar-refractivity contribution in [1.29, 1.82) is 0 Å². The maximum atomic E-state index is 10.6. The average molecular weight is 152 g/mol. The second-order valence-electron chi connectivity index (χ2n) is 4.12. The molecule has 1 aliphatic rings. The highest BCUT2D eigenvalue weighted by Gasteiger charge is 2.22. The summed E-state index contributed by atoms with van der Waals surface area (Å²) in [6.07, 6.45) is 8.86. The number of hydrogen-bond donors (Lipinski definition) is 0. The van der Waals surface area contributed by atoms with Gasteiger partial charge in [0.25, 0.3) is 0 Å². The SMILES string of the molecule is CC(C)(C=O)CC1CC=CC1. The molecular weight excluding hydrogens is 136 g/mol. The van der Waals surface area contributed by atoms with Crippen LogP contribution in [-0.4, -0.2) is 6.29 Å². The fourth-order valence-electron chi connectivity index (χ4n) is 1.63. The van der Waals surface area contributed by atoms with Crippen molar-refractivity contribution in [2.45, 2.75) is 33.1 Å². The molecule has 11 heavy (non-hydrogen) atoms. The molecule has 0 aromatic rings. The minimum absolute atomic E-state index is 0.114. The van der Waals surface area contributed by atoms with Gasteiger partial charge in [-0.1, -0.05) is 26.0 Å². The van der Waals surface area contributed by atoms with E-state index < -0.39 is 0 Å². The number of aldehydes is 1. The second kappa shape index (κ2) is 3.21. The Morgan fingerprint density at radius 3 is 2.45 bits per heavy atom. The smallest absolute Gasteiger partial charge is 0.125 e. The fourth-order valence-corrected chi connectivity index (χ4v) is 1.63. The minimum Gasteiger partial charge on any atom is -0.303 e. The number of carbonyl (C=O) groups excluding carboxylic acids is 1. The lowest BCUT2D eigenvalue weighted by Crippen LogP contribution is -2.17. The Morgan fingerprint density at radius 2 is 2.00 bits per heavy atom. The molecule has 0 fully saturated rings. The Hall–Kier alpha value is -0.590. The van der Waals surface area contributed by atoms with Gasteiger partial charge in [-0.25, -0.2) is 0 Å². The summed E-state index contributed by atoms with van der Waals surface area (Å²) in [6, 6.07) is 0. The van der Waals surface area contributed by atoms with Gasteiger partial charge in [0.2, 0.25) is 0 Å². The van der Waals surface area contributed by atoms with E-state index >= 15 is 0 Å². The van der Waals surface area contributed by atoms with Crippen molar-refractivity contribution in [2.24, 2.45) is 11.3 Å². The fraction of sp³-hybridized carbons (Fsp3) is 0.700. The maximum Gasteiger partial charge on any atom is 0.125 e. The van der Waals surface area contributed by atoms with Gasteiger partial charge < -0.3 is 4.79 Å². The Morgan fingerprint density at radius 1 is 1.45 bits per heavy atom. The third-order valence-corrected chi connectivity index (χ3v) is 2.24. The molecule has 0 aromatic carbocycles. The molecule has 1 rings (SSSR count). The quantitative estimate of drug-likeness (QED) is 0.448. The Balaban J connectivity index is 2.35. The van der Waals surface area contributed by atoms with Crippen molar-refractivity contribution in [2.75, 3.05) is 0 Å². The first-order valence-corrected chi connectivity index (χ1v) is 4.25. The van der Waals surface area contributed by atoms with E-state index in [-0.39, 0.29) is 5.41 Å². The molecule has 0 spiro atoms. The predicted octanol–water partition coefficient (Wildman–Crippen LogP) is 2.57. The van der Waals surface area contributed by atoms with Crippen molar-refractivity contribution >= 4 is 6.29 Å². The lowest BCUT2D eigenvalue weighted by Gasteiger charge is -2.20. The second-order valence-corrected chi connectivity index (χ2v) is 4.12. The van der Waals surface area contributed by atoms with E-state index in [0.29, 0.717) is 0 Å². The van der Waals surface area contributed by atoms with Gasteiger partial charge in [0.15, 0.2) is 0 Å². The summed E-state index contributed by atoms with van der Waals surface area (Å²) >= 11 is 0. The van der Waals surface area contributed by atoms with Crippen LogP contribution in [0.1, 0.15) is 33.1 Å². The van der Waals surface area contributed by atoms with Gasteiger partial charge in [-0.2, -0.15) is 0 Å². The third-order valence-electron chi connectivity index (χ3n) is 2.24. The van der Waals surface area contributed by atoms with Crippen LogP contribution < -0.4 is 0 Å². The molecule has 0 amide bonds. The maximum absolute atomic E-state index is 10.6. The van der Waals surface area contributed by atoms with Gasteiger partial charge in [-0.3, -0.25) is 0 Å². The third kappa shape index (κ3) is 2.49. The molecule has 0 radical (unpaired) electrons. The first kappa shape index (κ1) is 8.51. The van der Waals surface area contributed by atoms with Gasteiger partial charge >= 0.3 is 0 Å². The van der Waals surface area contributed by atoms with Crippen LogP contribution in [0.2, 0.25) is 0 Å². The van der Waals surface area contributed by atoms with Crippen LogP contribution in [0.15, 0.2) is 12.2 Å². The first-order valence-electron chi connectivity index (χ1n) is 4.25. The highest BCUT2D eigenvalue weighted by molar-refractivity contribution is 5.57. The van der Waals surface area contributed by atoms with Gasteiger partial charge in [0.05, 0.1) is 0 Å². The molecule has 0 saturated carbocycles. The normalized spacial score (nSPS) is 19.1. The van der Waals surface area contributed by atoms with E-state index in [4.69, 9.17) is 0 Å². The minimum atomic E-state index is -0.114. The molecule has 1 nitrogen and oxygen atoms in total. The van der Waals surface area contributed by atoms with Gasteiger partial charge in [0.1, 0.15) is 6.29 Å².